The number of nitrogens with one attached hydrogen (secondary N) is 1. The lowest BCUT2D eigenvalue weighted by molar-refractivity contribution is 0.0903. The minimum atomic E-state index is -0.563. The van der Waals surface area contributed by atoms with Crippen molar-refractivity contribution in [3.63, 3.8) is 0 Å². The number of aromatic nitrogens is 2. The number of pyridine rings is 1. The van der Waals surface area contributed by atoms with Crippen molar-refractivity contribution in [3.05, 3.63) is 51.6 Å². The number of ether oxygens (including phenoxy) is 1. The smallest absolute Gasteiger partial charge is 0.142 e. The van der Waals surface area contributed by atoms with E-state index in [1.165, 1.54) is 16.3 Å². The predicted octanol–water partition coefficient (Wildman–Crippen LogP) is 3.87. The molecule has 0 bridgehead atoms. The summed E-state index contributed by atoms with van der Waals surface area (Å²) < 4.78 is 9.36. The molecule has 3 rings (SSSR count). The molecule has 3 N–H and O–H groups in total. The summed E-state index contributed by atoms with van der Waals surface area (Å²) in [6.07, 6.45) is 14.6. The highest BCUT2D eigenvalue weighted by molar-refractivity contribution is 14.1. The second kappa shape index (κ2) is 9.11. The van der Waals surface area contributed by atoms with E-state index in [4.69, 9.17) is 15.6 Å². The molecule has 0 spiro atoms. The molecule has 6 nitrogen and oxygen atoms in total. The summed E-state index contributed by atoms with van der Waals surface area (Å²) in [7, 11) is 1.23. The van der Waals surface area contributed by atoms with E-state index in [0.29, 0.717) is 6.73 Å². The molecule has 0 aliphatic carbocycles. The monoisotopic (exact) mass is 527 g/mol. The molecule has 0 radical (unpaired) electrons. The van der Waals surface area contributed by atoms with Gasteiger partial charge in [-0.05, 0) is 59.1 Å². The van der Waals surface area contributed by atoms with Gasteiger partial charge in [-0.15, -0.1) is 0 Å². The van der Waals surface area contributed by atoms with Crippen molar-refractivity contribution in [1.29, 1.82) is 0 Å². The van der Waals surface area contributed by atoms with Crippen molar-refractivity contribution >= 4 is 55.3 Å². The van der Waals surface area contributed by atoms with Crippen LogP contribution in [0, 0.1) is 0 Å². The van der Waals surface area contributed by atoms with Crippen LogP contribution in [0.15, 0.2) is 34.8 Å². The molecular formula is C21H30IN5OS. The normalized spacial score (nSPS) is 15.0. The first-order valence-electron chi connectivity index (χ1n) is 9.37. The molecule has 8 heteroatoms. The van der Waals surface area contributed by atoms with Gasteiger partial charge in [-0.2, -0.15) is 0 Å². The number of nitrogens with zero attached hydrogens (tertiary/aromatic N) is 3. The van der Waals surface area contributed by atoms with Crippen LogP contribution in [-0.2, 0) is 18.0 Å². The Labute approximate surface area is 188 Å². The van der Waals surface area contributed by atoms with Crippen molar-refractivity contribution < 1.29 is 4.74 Å². The van der Waals surface area contributed by atoms with Gasteiger partial charge in [0.2, 0.25) is 0 Å². The Kier molecular flexibility index (Phi) is 6.98. The fourth-order valence-electron chi connectivity index (χ4n) is 3.22. The van der Waals surface area contributed by atoms with Crippen molar-refractivity contribution in [3.8, 4) is 0 Å². The molecule has 158 valence electrons. The molecule has 1 aliphatic rings. The number of hydrogen-bond donors (Lipinski definition) is 2. The Hall–Kier alpha value is -1.49. The van der Waals surface area contributed by atoms with E-state index in [-0.39, 0.29) is 0 Å². The zero-order valence-electron chi connectivity index (χ0n) is 17.5. The van der Waals surface area contributed by atoms with Gasteiger partial charge in [0.05, 0.1) is 16.9 Å². The molecule has 0 aromatic carbocycles. The van der Waals surface area contributed by atoms with E-state index in [0.717, 1.165) is 44.8 Å². The minimum absolute atomic E-state index is 0.509. The maximum Gasteiger partial charge on any atom is 0.142 e. The van der Waals surface area contributed by atoms with Crippen LogP contribution in [0.1, 0.15) is 16.8 Å². The highest BCUT2D eigenvalue weighted by Gasteiger charge is 2.21. The molecule has 29 heavy (non-hydrogen) atoms. The van der Waals surface area contributed by atoms with Gasteiger partial charge in [-0.1, -0.05) is 12.7 Å². The van der Waals surface area contributed by atoms with Crippen LogP contribution in [-0.4, -0.2) is 52.7 Å². The summed E-state index contributed by atoms with van der Waals surface area (Å²) in [4.78, 5) is 4.80. The summed E-state index contributed by atoms with van der Waals surface area (Å²) in [6, 6.07) is 2.17. The van der Waals surface area contributed by atoms with Gasteiger partial charge in [0.25, 0.3) is 0 Å². The zero-order chi connectivity index (χ0) is 21.2. The van der Waals surface area contributed by atoms with Gasteiger partial charge in [-0.3, -0.25) is 0 Å². The van der Waals surface area contributed by atoms with Crippen molar-refractivity contribution in [2.75, 3.05) is 38.2 Å². The average molecular weight is 527 g/mol. The van der Waals surface area contributed by atoms with Crippen molar-refractivity contribution in [2.45, 2.75) is 13.3 Å². The Balaban J connectivity index is 2.01. The zero-order valence-corrected chi connectivity index (χ0v) is 20.5. The third-order valence-corrected chi connectivity index (χ3v) is 6.79. The number of rotatable bonds is 8. The second-order valence-electron chi connectivity index (χ2n) is 8.02. The van der Waals surface area contributed by atoms with Crippen LogP contribution in [0.2, 0.25) is 0 Å². The minimum Gasteiger partial charge on any atom is -0.375 e. The highest BCUT2D eigenvalue weighted by atomic mass is 127. The molecule has 0 saturated carbocycles. The van der Waals surface area contributed by atoms with Gasteiger partial charge in [0.15, 0.2) is 0 Å². The Bertz CT molecular complexity index is 972. The fraction of sp³-hybridized carbons (Fsp3) is 0.381. The van der Waals surface area contributed by atoms with Crippen LogP contribution < -0.4 is 11.2 Å². The number of hydrazine groups is 1. The lowest BCUT2D eigenvalue weighted by Gasteiger charge is -2.25. The first-order valence-corrected chi connectivity index (χ1v) is 13.5. The topological polar surface area (TPSA) is 68.3 Å². The van der Waals surface area contributed by atoms with Gasteiger partial charge >= 0.3 is 0 Å². The third-order valence-electron chi connectivity index (χ3n) is 4.70. The van der Waals surface area contributed by atoms with Crippen LogP contribution in [0.25, 0.3) is 22.7 Å². The summed E-state index contributed by atoms with van der Waals surface area (Å²) in [6.45, 7) is 5.96. The molecule has 1 aliphatic heterocycles. The van der Waals surface area contributed by atoms with Crippen LogP contribution in [0.4, 0.5) is 0 Å². The van der Waals surface area contributed by atoms with Gasteiger partial charge in [0.1, 0.15) is 12.4 Å². The Morgan fingerprint density at radius 3 is 2.90 bits per heavy atom. The number of hydrogen-bond acceptors (Lipinski definition) is 5. The molecule has 3 heterocycles. The number of fused-ring (bicyclic) bond motifs is 3. The predicted molar refractivity (Wildman–Crippen MR) is 135 cm³/mol. The van der Waals surface area contributed by atoms with E-state index in [1.807, 2.05) is 12.4 Å². The highest BCUT2D eigenvalue weighted by Crippen LogP contribution is 2.35. The molecule has 0 saturated heterocycles. The average Bonchev–Trinajstić information content (AvgIpc) is 2.94. The van der Waals surface area contributed by atoms with Crippen LogP contribution in [0.3, 0.4) is 0 Å². The Morgan fingerprint density at radius 1 is 1.48 bits per heavy atom. The number of nitrogens with two attached hydrogens (primary N) is 1. The van der Waals surface area contributed by atoms with E-state index >= 15 is 0 Å². The van der Waals surface area contributed by atoms with Crippen molar-refractivity contribution in [2.24, 2.45) is 5.84 Å². The molecular weight excluding hydrogens is 497 g/mol. The van der Waals surface area contributed by atoms with E-state index in [2.05, 4.69) is 70.0 Å². The van der Waals surface area contributed by atoms with Gasteiger partial charge < -0.3 is 19.6 Å². The summed E-state index contributed by atoms with van der Waals surface area (Å²) in [5, 5.41) is 6.07. The van der Waals surface area contributed by atoms with Gasteiger partial charge in [-0.25, -0.2) is 20.9 Å². The van der Waals surface area contributed by atoms with Crippen molar-refractivity contribution in [1.82, 2.24) is 19.9 Å². The maximum atomic E-state index is 6.05. The van der Waals surface area contributed by atoms with Gasteiger partial charge in [0, 0.05) is 47.4 Å². The summed E-state index contributed by atoms with van der Waals surface area (Å²) in [5.74, 6) is 6.90. The molecule has 0 unspecified atom stereocenters. The SMILES string of the molecule is C=C/C(=C\N(C)N)c1cnc2c(c1)c1c(n2COCCS(C)(C)C)CNC(I)=C1. The third kappa shape index (κ3) is 5.36. The van der Waals surface area contributed by atoms with Crippen LogP contribution in [0.5, 0.6) is 0 Å². The lowest BCUT2D eigenvalue weighted by Crippen LogP contribution is -2.19. The summed E-state index contributed by atoms with van der Waals surface area (Å²) >= 11 is 2.33. The quantitative estimate of drug-likeness (QED) is 0.136. The van der Waals surface area contributed by atoms with E-state index < -0.39 is 10.0 Å². The maximum absolute atomic E-state index is 6.05. The molecule has 0 atom stereocenters. The fourth-order valence-corrected chi connectivity index (χ4v) is 4.34. The largest absolute Gasteiger partial charge is 0.375 e. The Morgan fingerprint density at radius 2 is 2.24 bits per heavy atom. The lowest BCUT2D eigenvalue weighted by atomic mass is 10.0. The molecule has 0 amide bonds. The first kappa shape index (κ1) is 22.2. The molecule has 2 aromatic rings. The van der Waals surface area contributed by atoms with E-state index in [1.54, 1.807) is 13.1 Å². The number of allylic oxidation sites excluding steroid dienone is 2. The standard InChI is InChI=1S/C21H30IN5OS/c1-6-15(13-26(2)23)16-9-18-17-10-20(22)24-12-19(17)27(21(18)25-11-16)14-28-7-8-29(3,4)5/h6,9-11,13,24H,1,7-8,12,14,23H2,2-5H3/b15-13+. The molecule has 0 fully saturated rings. The van der Waals surface area contributed by atoms with Crippen LogP contribution >= 0.6 is 32.6 Å². The number of halogens is 1. The van der Waals surface area contributed by atoms with E-state index in [9.17, 15) is 0 Å². The second-order valence-corrected chi connectivity index (χ2v) is 13.8. The first-order chi connectivity index (χ1) is 13.7. The summed E-state index contributed by atoms with van der Waals surface area (Å²) in [5.41, 5.74) is 5.27. The molecule has 2 aromatic heterocycles.